The minimum absolute atomic E-state index is 0.121. The highest BCUT2D eigenvalue weighted by molar-refractivity contribution is 6.42. The van der Waals surface area contributed by atoms with Crippen LogP contribution < -0.4 is 10.9 Å². The fourth-order valence-corrected chi connectivity index (χ4v) is 2.96. The first-order valence-corrected chi connectivity index (χ1v) is 8.40. The number of para-hydroxylation sites is 1. The van der Waals surface area contributed by atoms with E-state index < -0.39 is 11.5 Å². The molecular weight excluding hydrogens is 377 g/mol. The summed E-state index contributed by atoms with van der Waals surface area (Å²) in [5, 5.41) is 4.13. The van der Waals surface area contributed by atoms with Crippen molar-refractivity contribution < 1.29 is 9.21 Å². The van der Waals surface area contributed by atoms with Crippen LogP contribution in [0.15, 0.2) is 58.0 Å². The molecule has 0 aliphatic rings. The molecule has 2 aromatic carbocycles. The van der Waals surface area contributed by atoms with Crippen LogP contribution >= 0.6 is 23.2 Å². The number of carbonyl (C=O) groups is 1. The van der Waals surface area contributed by atoms with Gasteiger partial charge in [0.25, 0.3) is 5.56 Å². The van der Waals surface area contributed by atoms with Crippen LogP contribution in [0.4, 0.5) is 5.69 Å². The minimum Gasteiger partial charge on any atom is -0.448 e. The van der Waals surface area contributed by atoms with Gasteiger partial charge in [0.05, 0.1) is 16.4 Å². The number of hydrogen-bond donors (Lipinski definition) is 1. The Kier molecular flexibility index (Phi) is 4.14. The number of anilines is 1. The van der Waals surface area contributed by atoms with E-state index in [1.807, 2.05) is 18.2 Å². The summed E-state index contributed by atoms with van der Waals surface area (Å²) in [5.41, 5.74) is 1.23. The van der Waals surface area contributed by atoms with Crippen molar-refractivity contribution in [2.75, 3.05) is 5.32 Å². The molecule has 6 nitrogen and oxygen atoms in total. The Hall–Kier alpha value is -2.83. The average molecular weight is 388 g/mol. The number of aromatic nitrogens is 2. The lowest BCUT2D eigenvalue weighted by Gasteiger charge is -2.07. The molecule has 8 heteroatoms. The largest absolute Gasteiger partial charge is 0.448 e. The third-order valence-corrected chi connectivity index (χ3v) is 4.61. The lowest BCUT2D eigenvalue weighted by molar-refractivity contribution is -0.116. The molecule has 1 N–H and O–H groups in total. The highest BCUT2D eigenvalue weighted by Crippen LogP contribution is 2.25. The topological polar surface area (TPSA) is 77.1 Å². The zero-order chi connectivity index (χ0) is 18.3. The van der Waals surface area contributed by atoms with Gasteiger partial charge in [0.15, 0.2) is 0 Å². The van der Waals surface area contributed by atoms with Gasteiger partial charge in [-0.1, -0.05) is 35.3 Å². The van der Waals surface area contributed by atoms with E-state index in [2.05, 4.69) is 10.3 Å². The molecule has 0 fully saturated rings. The van der Waals surface area contributed by atoms with Crippen LogP contribution in [0.5, 0.6) is 0 Å². The first kappa shape index (κ1) is 16.6. The summed E-state index contributed by atoms with van der Waals surface area (Å²) in [4.78, 5) is 29.1. The molecule has 0 atom stereocenters. The maximum absolute atomic E-state index is 12.6. The Balaban J connectivity index is 1.63. The van der Waals surface area contributed by atoms with E-state index in [4.69, 9.17) is 27.6 Å². The Morgan fingerprint density at radius 3 is 2.77 bits per heavy atom. The number of carbonyl (C=O) groups excluding carboxylic acids is 1. The lowest BCUT2D eigenvalue weighted by atomic mass is 10.2. The molecule has 0 saturated carbocycles. The summed E-state index contributed by atoms with van der Waals surface area (Å²) in [7, 11) is 0. The van der Waals surface area contributed by atoms with E-state index in [1.54, 1.807) is 18.2 Å². The van der Waals surface area contributed by atoms with Gasteiger partial charge in [-0.2, -0.15) is 0 Å². The van der Waals surface area contributed by atoms with Gasteiger partial charge in [-0.3, -0.25) is 14.2 Å². The third-order valence-electron chi connectivity index (χ3n) is 3.87. The van der Waals surface area contributed by atoms with Crippen molar-refractivity contribution in [3.8, 4) is 0 Å². The van der Waals surface area contributed by atoms with Crippen molar-refractivity contribution >= 4 is 56.9 Å². The van der Waals surface area contributed by atoms with E-state index in [9.17, 15) is 9.59 Å². The fourth-order valence-electron chi connectivity index (χ4n) is 2.66. The predicted octanol–water partition coefficient (Wildman–Crippen LogP) is 4.09. The molecule has 4 rings (SSSR count). The number of nitrogens with one attached hydrogen (secondary N) is 1. The molecule has 4 aromatic rings. The second-order valence-corrected chi connectivity index (χ2v) is 6.45. The number of furan rings is 1. The standard InChI is InChI=1S/C18H11Cl2N3O3/c19-12-6-5-10(7-13(12)20)22-15(24)8-23-9-21-16-11-3-1-2-4-14(11)26-17(16)18(23)25/h1-7,9H,8H2,(H,22,24). The Bertz CT molecular complexity index is 1210. The normalized spacial score (nSPS) is 11.2. The van der Waals surface area contributed by atoms with Gasteiger partial charge < -0.3 is 9.73 Å². The van der Waals surface area contributed by atoms with Gasteiger partial charge >= 0.3 is 0 Å². The van der Waals surface area contributed by atoms with Crippen molar-refractivity contribution in [2.45, 2.75) is 6.54 Å². The number of nitrogens with zero attached hydrogens (tertiary/aromatic N) is 2. The maximum Gasteiger partial charge on any atom is 0.297 e. The van der Waals surface area contributed by atoms with Crippen LogP contribution in [0, 0.1) is 0 Å². The zero-order valence-corrected chi connectivity index (χ0v) is 14.7. The van der Waals surface area contributed by atoms with Crippen LogP contribution in [-0.2, 0) is 11.3 Å². The van der Waals surface area contributed by atoms with Crippen molar-refractivity contribution in [3.63, 3.8) is 0 Å². The maximum atomic E-state index is 12.6. The summed E-state index contributed by atoms with van der Waals surface area (Å²) in [6.07, 6.45) is 1.33. The highest BCUT2D eigenvalue weighted by atomic mass is 35.5. The van der Waals surface area contributed by atoms with Crippen LogP contribution in [0.1, 0.15) is 0 Å². The van der Waals surface area contributed by atoms with Gasteiger partial charge in [-0.05, 0) is 30.3 Å². The van der Waals surface area contributed by atoms with Crippen LogP contribution in [0.2, 0.25) is 10.0 Å². The number of rotatable bonds is 3. The lowest BCUT2D eigenvalue weighted by Crippen LogP contribution is -2.27. The highest BCUT2D eigenvalue weighted by Gasteiger charge is 2.14. The third kappa shape index (κ3) is 2.94. The van der Waals surface area contributed by atoms with Crippen LogP contribution in [-0.4, -0.2) is 15.5 Å². The van der Waals surface area contributed by atoms with Crippen LogP contribution in [0.3, 0.4) is 0 Å². The van der Waals surface area contributed by atoms with Crippen molar-refractivity contribution in [1.82, 2.24) is 9.55 Å². The second kappa shape index (κ2) is 6.48. The molecule has 0 unspecified atom stereocenters. The Morgan fingerprint density at radius 1 is 1.15 bits per heavy atom. The summed E-state index contributed by atoms with van der Waals surface area (Å²) in [6, 6.07) is 12.0. The molecule has 0 bridgehead atoms. The fraction of sp³-hybridized carbons (Fsp3) is 0.0556. The van der Waals surface area contributed by atoms with Gasteiger partial charge in [0, 0.05) is 11.1 Å². The molecule has 0 aliphatic heterocycles. The molecule has 0 saturated heterocycles. The molecule has 0 aliphatic carbocycles. The van der Waals surface area contributed by atoms with Gasteiger partial charge in [0.1, 0.15) is 17.6 Å². The van der Waals surface area contributed by atoms with Crippen molar-refractivity contribution in [2.24, 2.45) is 0 Å². The molecule has 130 valence electrons. The molecule has 0 spiro atoms. The van der Waals surface area contributed by atoms with Gasteiger partial charge in [-0.25, -0.2) is 4.98 Å². The summed E-state index contributed by atoms with van der Waals surface area (Å²) >= 11 is 11.8. The molecule has 26 heavy (non-hydrogen) atoms. The number of amides is 1. The first-order chi connectivity index (χ1) is 12.5. The number of fused-ring (bicyclic) bond motifs is 3. The molecule has 0 radical (unpaired) electrons. The van der Waals surface area contributed by atoms with Gasteiger partial charge in [0.2, 0.25) is 11.5 Å². The molecular formula is C18H11Cl2N3O3. The number of benzene rings is 2. The van der Waals surface area contributed by atoms with Crippen molar-refractivity contribution in [3.05, 3.63) is 69.2 Å². The summed E-state index contributed by atoms with van der Waals surface area (Å²) in [5.74, 6) is -0.400. The molecule has 2 aromatic heterocycles. The van der Waals surface area contributed by atoms with Crippen molar-refractivity contribution in [1.29, 1.82) is 0 Å². The predicted molar refractivity (Wildman–Crippen MR) is 101 cm³/mol. The van der Waals surface area contributed by atoms with E-state index in [0.717, 1.165) is 5.39 Å². The van der Waals surface area contributed by atoms with Gasteiger partial charge in [-0.15, -0.1) is 0 Å². The monoisotopic (exact) mass is 387 g/mol. The summed E-state index contributed by atoms with van der Waals surface area (Å²) < 4.78 is 6.79. The zero-order valence-electron chi connectivity index (χ0n) is 13.2. The average Bonchev–Trinajstić information content (AvgIpc) is 3.00. The Labute approximate surface area is 157 Å². The second-order valence-electron chi connectivity index (χ2n) is 5.63. The summed E-state index contributed by atoms with van der Waals surface area (Å²) in [6.45, 7) is -0.209. The quantitative estimate of drug-likeness (QED) is 0.574. The molecule has 2 heterocycles. The Morgan fingerprint density at radius 2 is 1.96 bits per heavy atom. The minimum atomic E-state index is -0.421. The van der Waals surface area contributed by atoms with Crippen LogP contribution in [0.25, 0.3) is 22.1 Å². The number of halogens is 2. The smallest absolute Gasteiger partial charge is 0.297 e. The first-order valence-electron chi connectivity index (χ1n) is 7.64. The SMILES string of the molecule is O=C(Cn1cnc2c(oc3ccccc32)c1=O)Nc1ccc(Cl)c(Cl)c1. The van der Waals surface area contributed by atoms with E-state index in [-0.39, 0.29) is 12.1 Å². The van der Waals surface area contributed by atoms with E-state index >= 15 is 0 Å². The molecule has 1 amide bonds. The van der Waals surface area contributed by atoms with E-state index in [1.165, 1.54) is 17.0 Å². The van der Waals surface area contributed by atoms with E-state index in [0.29, 0.717) is 26.8 Å². The number of hydrogen-bond acceptors (Lipinski definition) is 4.